The van der Waals surface area contributed by atoms with Gasteiger partial charge in [0.05, 0.1) is 0 Å². The first kappa shape index (κ1) is 11.3. The lowest BCUT2D eigenvalue weighted by molar-refractivity contribution is 0.858. The van der Waals surface area contributed by atoms with E-state index in [1.54, 1.807) is 0 Å². The average Bonchev–Trinajstić information content (AvgIpc) is 2.74. The van der Waals surface area contributed by atoms with Gasteiger partial charge in [0.15, 0.2) is 0 Å². The van der Waals surface area contributed by atoms with Crippen molar-refractivity contribution in [3.05, 3.63) is 34.9 Å². The Kier molecular flexibility index (Phi) is 4.36. The van der Waals surface area contributed by atoms with Crippen LogP contribution < -0.4 is 5.32 Å². The number of benzene rings is 1. The molecule has 1 aromatic carbocycles. The SMILES string of the molecule is Clc1ccc(CCSC2CCNC2)cc1. The number of rotatable bonds is 4. The molecule has 1 heterocycles. The number of halogens is 1. The highest BCUT2D eigenvalue weighted by molar-refractivity contribution is 7.99. The van der Waals surface area contributed by atoms with Gasteiger partial charge >= 0.3 is 0 Å². The summed E-state index contributed by atoms with van der Waals surface area (Å²) in [6, 6.07) is 8.18. The van der Waals surface area contributed by atoms with E-state index in [4.69, 9.17) is 11.6 Å². The predicted octanol–water partition coefficient (Wildman–Crippen LogP) is 2.98. The molecule has 0 bridgehead atoms. The highest BCUT2D eigenvalue weighted by atomic mass is 35.5. The van der Waals surface area contributed by atoms with Crippen LogP contribution in [0.1, 0.15) is 12.0 Å². The van der Waals surface area contributed by atoms with Crippen LogP contribution >= 0.6 is 23.4 Å². The fourth-order valence-electron chi connectivity index (χ4n) is 1.76. The molecule has 1 aliphatic rings. The van der Waals surface area contributed by atoms with Crippen molar-refractivity contribution in [1.82, 2.24) is 5.32 Å². The third-order valence-electron chi connectivity index (χ3n) is 2.67. The van der Waals surface area contributed by atoms with Gasteiger partial charge in [-0.3, -0.25) is 0 Å². The van der Waals surface area contributed by atoms with Crippen LogP contribution in [0.15, 0.2) is 24.3 Å². The van der Waals surface area contributed by atoms with Crippen molar-refractivity contribution in [3.8, 4) is 0 Å². The first-order valence-corrected chi connectivity index (χ1v) is 6.84. The molecular formula is C12H16ClNS. The highest BCUT2D eigenvalue weighted by Gasteiger charge is 2.13. The Balaban J connectivity index is 1.71. The van der Waals surface area contributed by atoms with Crippen LogP contribution in [0.2, 0.25) is 5.02 Å². The second kappa shape index (κ2) is 5.78. The van der Waals surface area contributed by atoms with Gasteiger partial charge < -0.3 is 5.32 Å². The summed E-state index contributed by atoms with van der Waals surface area (Å²) in [7, 11) is 0. The molecule has 1 nitrogen and oxygen atoms in total. The monoisotopic (exact) mass is 241 g/mol. The largest absolute Gasteiger partial charge is 0.316 e. The molecule has 1 aliphatic heterocycles. The Hall–Kier alpha value is -0.180. The molecule has 0 radical (unpaired) electrons. The van der Waals surface area contributed by atoms with Crippen molar-refractivity contribution < 1.29 is 0 Å². The van der Waals surface area contributed by atoms with Crippen molar-refractivity contribution in [2.75, 3.05) is 18.8 Å². The summed E-state index contributed by atoms with van der Waals surface area (Å²) in [6.45, 7) is 2.38. The minimum Gasteiger partial charge on any atom is -0.316 e. The number of thioether (sulfide) groups is 1. The molecule has 0 aliphatic carbocycles. The van der Waals surface area contributed by atoms with E-state index in [0.29, 0.717) is 0 Å². The lowest BCUT2D eigenvalue weighted by Crippen LogP contribution is -2.10. The van der Waals surface area contributed by atoms with E-state index in [1.165, 1.54) is 30.8 Å². The van der Waals surface area contributed by atoms with Crippen LogP contribution in [0.3, 0.4) is 0 Å². The molecule has 15 heavy (non-hydrogen) atoms. The summed E-state index contributed by atoms with van der Waals surface area (Å²) >= 11 is 7.92. The third kappa shape index (κ3) is 3.71. The lowest BCUT2D eigenvalue weighted by Gasteiger charge is -2.07. The van der Waals surface area contributed by atoms with Crippen LogP contribution in [0.4, 0.5) is 0 Å². The molecule has 82 valence electrons. The Morgan fingerprint density at radius 1 is 1.33 bits per heavy atom. The molecule has 1 N–H and O–H groups in total. The smallest absolute Gasteiger partial charge is 0.0406 e. The fourth-order valence-corrected chi connectivity index (χ4v) is 3.10. The highest BCUT2D eigenvalue weighted by Crippen LogP contribution is 2.19. The van der Waals surface area contributed by atoms with Gasteiger partial charge in [-0.1, -0.05) is 23.7 Å². The molecule has 1 fully saturated rings. The van der Waals surface area contributed by atoms with Gasteiger partial charge in [0.25, 0.3) is 0 Å². The zero-order valence-electron chi connectivity index (χ0n) is 8.71. The van der Waals surface area contributed by atoms with E-state index in [9.17, 15) is 0 Å². The Morgan fingerprint density at radius 2 is 2.13 bits per heavy atom. The van der Waals surface area contributed by atoms with Gasteiger partial charge in [-0.05, 0) is 42.8 Å². The molecule has 0 saturated carbocycles. The second-order valence-electron chi connectivity index (χ2n) is 3.86. The first-order valence-electron chi connectivity index (χ1n) is 5.41. The average molecular weight is 242 g/mol. The van der Waals surface area contributed by atoms with E-state index >= 15 is 0 Å². The van der Waals surface area contributed by atoms with Crippen molar-refractivity contribution in [1.29, 1.82) is 0 Å². The summed E-state index contributed by atoms with van der Waals surface area (Å²) in [6.07, 6.45) is 2.48. The van der Waals surface area contributed by atoms with Crippen molar-refractivity contribution in [2.45, 2.75) is 18.1 Å². The molecule has 2 rings (SSSR count). The van der Waals surface area contributed by atoms with Crippen molar-refractivity contribution in [2.24, 2.45) is 0 Å². The molecular weight excluding hydrogens is 226 g/mol. The van der Waals surface area contributed by atoms with E-state index in [-0.39, 0.29) is 0 Å². The lowest BCUT2D eigenvalue weighted by atomic mass is 10.2. The Morgan fingerprint density at radius 3 is 2.80 bits per heavy atom. The predicted molar refractivity (Wildman–Crippen MR) is 68.9 cm³/mol. The van der Waals surface area contributed by atoms with Gasteiger partial charge in [-0.2, -0.15) is 11.8 Å². The molecule has 1 aromatic rings. The topological polar surface area (TPSA) is 12.0 Å². The first-order chi connectivity index (χ1) is 7.34. The summed E-state index contributed by atoms with van der Waals surface area (Å²) < 4.78 is 0. The number of nitrogens with one attached hydrogen (secondary N) is 1. The van der Waals surface area contributed by atoms with Crippen LogP contribution in [-0.2, 0) is 6.42 Å². The maximum atomic E-state index is 5.84. The molecule has 0 aromatic heterocycles. The van der Waals surface area contributed by atoms with Crippen LogP contribution in [0, 0.1) is 0 Å². The van der Waals surface area contributed by atoms with Gasteiger partial charge in [0, 0.05) is 16.8 Å². The Labute approximate surface area is 101 Å². The zero-order chi connectivity index (χ0) is 10.5. The minimum absolute atomic E-state index is 0.825. The number of aryl methyl sites for hydroxylation is 1. The van der Waals surface area contributed by atoms with Crippen LogP contribution in [-0.4, -0.2) is 24.1 Å². The standard InChI is InChI=1S/C12H16ClNS/c13-11-3-1-10(2-4-11)6-8-15-12-5-7-14-9-12/h1-4,12,14H,5-9H2. The molecule has 1 unspecified atom stereocenters. The van der Waals surface area contributed by atoms with Gasteiger partial charge in [-0.25, -0.2) is 0 Å². The molecule has 1 saturated heterocycles. The molecule has 0 spiro atoms. The number of hydrogen-bond acceptors (Lipinski definition) is 2. The number of hydrogen-bond donors (Lipinski definition) is 1. The summed E-state index contributed by atoms with van der Waals surface area (Å²) in [5.41, 5.74) is 1.39. The zero-order valence-corrected chi connectivity index (χ0v) is 10.3. The fraction of sp³-hybridized carbons (Fsp3) is 0.500. The van der Waals surface area contributed by atoms with Gasteiger partial charge in [-0.15, -0.1) is 0 Å². The van der Waals surface area contributed by atoms with Crippen LogP contribution in [0.25, 0.3) is 0 Å². The van der Waals surface area contributed by atoms with E-state index in [1.807, 2.05) is 12.1 Å². The van der Waals surface area contributed by atoms with Crippen molar-refractivity contribution in [3.63, 3.8) is 0 Å². The third-order valence-corrected chi connectivity index (χ3v) is 4.24. The summed E-state index contributed by atoms with van der Waals surface area (Å²) in [5, 5.41) is 5.05. The minimum atomic E-state index is 0.825. The summed E-state index contributed by atoms with van der Waals surface area (Å²) in [4.78, 5) is 0. The van der Waals surface area contributed by atoms with Crippen molar-refractivity contribution >= 4 is 23.4 Å². The van der Waals surface area contributed by atoms with E-state index < -0.39 is 0 Å². The Bertz CT molecular complexity index is 293. The van der Waals surface area contributed by atoms with Gasteiger partial charge in [0.1, 0.15) is 0 Å². The second-order valence-corrected chi connectivity index (χ2v) is 5.71. The van der Waals surface area contributed by atoms with Crippen LogP contribution in [0.5, 0.6) is 0 Å². The molecule has 3 heteroatoms. The van der Waals surface area contributed by atoms with E-state index in [0.717, 1.165) is 16.7 Å². The van der Waals surface area contributed by atoms with Gasteiger partial charge in [0.2, 0.25) is 0 Å². The maximum absolute atomic E-state index is 5.84. The molecule has 1 atom stereocenters. The quantitative estimate of drug-likeness (QED) is 0.870. The normalized spacial score (nSPS) is 20.7. The van der Waals surface area contributed by atoms with E-state index in [2.05, 4.69) is 29.2 Å². The maximum Gasteiger partial charge on any atom is 0.0406 e. The molecule has 0 amide bonds. The summed E-state index contributed by atoms with van der Waals surface area (Å²) in [5.74, 6) is 1.22.